The van der Waals surface area contributed by atoms with E-state index in [9.17, 15) is 4.79 Å². The molecular formula is C14H15NOS. The highest BCUT2D eigenvalue weighted by Crippen LogP contribution is 2.36. The van der Waals surface area contributed by atoms with Gasteiger partial charge in [0.1, 0.15) is 0 Å². The number of nitrogens with zero attached hydrogens (tertiary/aromatic N) is 1. The number of hydrogen-bond acceptors (Lipinski definition) is 2. The molecule has 1 atom stereocenters. The number of thioether (sulfide) groups is 1. The first-order valence-electron chi connectivity index (χ1n) is 6.07. The first kappa shape index (κ1) is 10.9. The lowest BCUT2D eigenvalue weighted by Crippen LogP contribution is -2.37. The minimum absolute atomic E-state index is 0.206. The third kappa shape index (κ3) is 2.25. The van der Waals surface area contributed by atoms with Gasteiger partial charge in [0, 0.05) is 23.6 Å². The summed E-state index contributed by atoms with van der Waals surface area (Å²) in [5.41, 5.74) is 0. The van der Waals surface area contributed by atoms with E-state index >= 15 is 0 Å². The van der Waals surface area contributed by atoms with Gasteiger partial charge in [0.2, 0.25) is 5.91 Å². The van der Waals surface area contributed by atoms with Crippen molar-refractivity contribution < 1.29 is 4.79 Å². The van der Waals surface area contributed by atoms with E-state index in [1.165, 1.54) is 16.2 Å². The molecule has 17 heavy (non-hydrogen) atoms. The molecule has 0 radical (unpaired) electrons. The molecule has 88 valence electrons. The van der Waals surface area contributed by atoms with E-state index in [4.69, 9.17) is 0 Å². The fraction of sp³-hybridized carbons (Fsp3) is 0.357. The van der Waals surface area contributed by atoms with Crippen molar-refractivity contribution in [3.8, 4) is 0 Å². The van der Waals surface area contributed by atoms with E-state index in [1.807, 2.05) is 29.2 Å². The van der Waals surface area contributed by atoms with Gasteiger partial charge in [0.25, 0.3) is 0 Å². The predicted molar refractivity (Wildman–Crippen MR) is 69.7 cm³/mol. The Bertz CT molecular complexity index is 455. The number of rotatable bonds is 2. The van der Waals surface area contributed by atoms with Crippen molar-refractivity contribution in [3.05, 3.63) is 41.3 Å². The molecule has 2 aliphatic rings. The van der Waals surface area contributed by atoms with Crippen LogP contribution in [0.1, 0.15) is 19.3 Å². The SMILES string of the molecule is O=C1C=C(Sc2ccccc2)C[C@H]2CCCN12. The maximum Gasteiger partial charge on any atom is 0.247 e. The topological polar surface area (TPSA) is 20.3 Å². The van der Waals surface area contributed by atoms with Crippen molar-refractivity contribution in [3.63, 3.8) is 0 Å². The fourth-order valence-electron chi connectivity index (χ4n) is 2.56. The van der Waals surface area contributed by atoms with Crippen LogP contribution in [0.3, 0.4) is 0 Å². The minimum Gasteiger partial charge on any atom is -0.336 e. The molecule has 0 unspecified atom stereocenters. The first-order chi connectivity index (χ1) is 8.33. The third-order valence-corrected chi connectivity index (χ3v) is 4.43. The average molecular weight is 245 g/mol. The second-order valence-corrected chi connectivity index (χ2v) is 5.76. The van der Waals surface area contributed by atoms with E-state index < -0.39 is 0 Å². The molecule has 0 aromatic heterocycles. The van der Waals surface area contributed by atoms with Gasteiger partial charge in [-0.3, -0.25) is 4.79 Å². The molecular weight excluding hydrogens is 230 g/mol. The monoisotopic (exact) mass is 245 g/mol. The zero-order valence-electron chi connectivity index (χ0n) is 9.63. The summed E-state index contributed by atoms with van der Waals surface area (Å²) in [6, 6.07) is 10.7. The fourth-order valence-corrected chi connectivity index (χ4v) is 3.59. The molecule has 3 rings (SSSR count). The smallest absolute Gasteiger partial charge is 0.247 e. The van der Waals surface area contributed by atoms with Crippen LogP contribution in [0.4, 0.5) is 0 Å². The van der Waals surface area contributed by atoms with Crippen LogP contribution in [-0.2, 0) is 4.79 Å². The number of carbonyl (C=O) groups is 1. The lowest BCUT2D eigenvalue weighted by Gasteiger charge is -2.28. The summed E-state index contributed by atoms with van der Waals surface area (Å²) >= 11 is 1.73. The molecule has 0 N–H and O–H groups in total. The van der Waals surface area contributed by atoms with Gasteiger partial charge in [-0.2, -0.15) is 0 Å². The van der Waals surface area contributed by atoms with Crippen molar-refractivity contribution in [2.75, 3.05) is 6.54 Å². The summed E-state index contributed by atoms with van der Waals surface area (Å²) in [7, 11) is 0. The van der Waals surface area contributed by atoms with Crippen molar-refractivity contribution >= 4 is 17.7 Å². The van der Waals surface area contributed by atoms with Crippen LogP contribution in [0.15, 0.2) is 46.2 Å². The van der Waals surface area contributed by atoms with Gasteiger partial charge in [-0.25, -0.2) is 0 Å². The summed E-state index contributed by atoms with van der Waals surface area (Å²) in [5.74, 6) is 0.206. The quantitative estimate of drug-likeness (QED) is 0.798. The van der Waals surface area contributed by atoms with Crippen LogP contribution in [0.2, 0.25) is 0 Å². The van der Waals surface area contributed by atoms with Crippen LogP contribution in [-0.4, -0.2) is 23.4 Å². The third-order valence-electron chi connectivity index (χ3n) is 3.37. The van der Waals surface area contributed by atoms with Crippen LogP contribution in [0, 0.1) is 0 Å². The second-order valence-electron chi connectivity index (χ2n) is 4.56. The van der Waals surface area contributed by atoms with Crippen molar-refractivity contribution in [2.45, 2.75) is 30.2 Å². The van der Waals surface area contributed by atoms with Crippen molar-refractivity contribution in [1.29, 1.82) is 0 Å². The molecule has 0 aliphatic carbocycles. The summed E-state index contributed by atoms with van der Waals surface area (Å²) < 4.78 is 0. The van der Waals surface area contributed by atoms with Crippen LogP contribution in [0.25, 0.3) is 0 Å². The molecule has 1 aromatic carbocycles. The Kier molecular flexibility index (Phi) is 2.93. The van der Waals surface area contributed by atoms with E-state index in [0.717, 1.165) is 19.4 Å². The maximum absolute atomic E-state index is 11.9. The van der Waals surface area contributed by atoms with Gasteiger partial charge in [-0.15, -0.1) is 0 Å². The standard InChI is InChI=1S/C14H15NOS/c16-14-10-13(9-11-5-4-8-15(11)14)17-12-6-2-1-3-7-12/h1-3,6-7,10-11H,4-5,8-9H2/t11-/m1/s1. The number of fused-ring (bicyclic) bond motifs is 1. The van der Waals surface area contributed by atoms with E-state index in [-0.39, 0.29) is 5.91 Å². The Labute approximate surface area is 106 Å². The molecule has 2 heterocycles. The van der Waals surface area contributed by atoms with Gasteiger partial charge in [0.05, 0.1) is 0 Å². The Morgan fingerprint density at radius 3 is 2.88 bits per heavy atom. The van der Waals surface area contributed by atoms with Crippen molar-refractivity contribution in [1.82, 2.24) is 4.90 Å². The Hall–Kier alpha value is -1.22. The molecule has 1 amide bonds. The van der Waals surface area contributed by atoms with E-state index in [1.54, 1.807) is 11.8 Å². The zero-order chi connectivity index (χ0) is 11.7. The van der Waals surface area contributed by atoms with Crippen LogP contribution in [0.5, 0.6) is 0 Å². The molecule has 0 saturated carbocycles. The van der Waals surface area contributed by atoms with Crippen LogP contribution < -0.4 is 0 Å². The largest absolute Gasteiger partial charge is 0.336 e. The maximum atomic E-state index is 11.9. The lowest BCUT2D eigenvalue weighted by molar-refractivity contribution is -0.127. The highest BCUT2D eigenvalue weighted by molar-refractivity contribution is 8.03. The number of amides is 1. The number of benzene rings is 1. The molecule has 0 bridgehead atoms. The predicted octanol–water partition coefficient (Wildman–Crippen LogP) is 3.06. The highest BCUT2D eigenvalue weighted by atomic mass is 32.2. The Balaban J connectivity index is 1.76. The normalized spacial score (nSPS) is 23.5. The van der Waals surface area contributed by atoms with E-state index in [2.05, 4.69) is 12.1 Å². The highest BCUT2D eigenvalue weighted by Gasteiger charge is 2.32. The first-order valence-corrected chi connectivity index (χ1v) is 6.88. The summed E-state index contributed by atoms with van der Waals surface area (Å²) in [6.07, 6.45) is 5.18. The summed E-state index contributed by atoms with van der Waals surface area (Å²) in [6.45, 7) is 0.948. The van der Waals surface area contributed by atoms with Gasteiger partial charge < -0.3 is 4.90 Å². The molecule has 1 fully saturated rings. The zero-order valence-corrected chi connectivity index (χ0v) is 10.5. The Morgan fingerprint density at radius 2 is 2.06 bits per heavy atom. The summed E-state index contributed by atoms with van der Waals surface area (Å²) in [4.78, 5) is 16.4. The van der Waals surface area contributed by atoms with Crippen LogP contribution >= 0.6 is 11.8 Å². The molecule has 1 aromatic rings. The van der Waals surface area contributed by atoms with Gasteiger partial charge >= 0.3 is 0 Å². The van der Waals surface area contributed by atoms with Crippen molar-refractivity contribution in [2.24, 2.45) is 0 Å². The summed E-state index contributed by atoms with van der Waals surface area (Å²) in [5, 5.41) is 0. The van der Waals surface area contributed by atoms with E-state index in [0.29, 0.717) is 6.04 Å². The molecule has 2 aliphatic heterocycles. The van der Waals surface area contributed by atoms with Gasteiger partial charge in [-0.05, 0) is 36.3 Å². The minimum atomic E-state index is 0.206. The second kappa shape index (κ2) is 4.57. The van der Waals surface area contributed by atoms with Gasteiger partial charge in [0.15, 0.2) is 0 Å². The lowest BCUT2D eigenvalue weighted by atomic mass is 10.1. The number of carbonyl (C=O) groups excluding carboxylic acids is 1. The Morgan fingerprint density at radius 1 is 1.24 bits per heavy atom. The molecule has 2 nitrogen and oxygen atoms in total. The molecule has 0 spiro atoms. The van der Waals surface area contributed by atoms with Gasteiger partial charge in [-0.1, -0.05) is 30.0 Å². The number of hydrogen-bond donors (Lipinski definition) is 0. The molecule has 1 saturated heterocycles. The average Bonchev–Trinajstić information content (AvgIpc) is 2.79. The molecule has 3 heteroatoms.